The lowest BCUT2D eigenvalue weighted by atomic mass is 10.1. The Bertz CT molecular complexity index is 1450. The van der Waals surface area contributed by atoms with E-state index in [0.29, 0.717) is 37.6 Å². The highest BCUT2D eigenvalue weighted by Gasteiger charge is 2.16. The van der Waals surface area contributed by atoms with Crippen molar-refractivity contribution in [2.75, 3.05) is 0 Å². The van der Waals surface area contributed by atoms with E-state index in [-0.39, 0.29) is 5.56 Å². The Kier molecular flexibility index (Phi) is 6.05. The molecule has 0 saturated carbocycles. The molecule has 0 fully saturated rings. The van der Waals surface area contributed by atoms with E-state index in [4.69, 9.17) is 4.42 Å². The van der Waals surface area contributed by atoms with Crippen molar-refractivity contribution in [3.8, 4) is 0 Å². The average Bonchev–Trinajstić information content (AvgIpc) is 3.49. The molecule has 0 atom stereocenters. The Labute approximate surface area is 196 Å². The van der Waals surface area contributed by atoms with E-state index in [1.807, 2.05) is 37.3 Å². The molecule has 2 aromatic carbocycles. The Balaban J connectivity index is 1.44. The Morgan fingerprint density at radius 1 is 0.971 bits per heavy atom. The predicted molar refractivity (Wildman–Crippen MR) is 129 cm³/mol. The summed E-state index contributed by atoms with van der Waals surface area (Å²) in [5.74, 6) is 1.48. The molecule has 0 aliphatic heterocycles. The van der Waals surface area contributed by atoms with Crippen molar-refractivity contribution in [3.05, 3.63) is 111 Å². The number of H-pyrrole nitrogens is 1. The number of rotatable bonds is 8. The van der Waals surface area contributed by atoms with Gasteiger partial charge in [0.15, 0.2) is 5.82 Å². The minimum absolute atomic E-state index is 0.0813. The summed E-state index contributed by atoms with van der Waals surface area (Å²) >= 11 is 0. The van der Waals surface area contributed by atoms with Crippen molar-refractivity contribution in [2.45, 2.75) is 40.0 Å². The summed E-state index contributed by atoms with van der Waals surface area (Å²) in [5, 5.41) is 13.3. The van der Waals surface area contributed by atoms with Gasteiger partial charge in [0.05, 0.1) is 12.8 Å². The number of aromatic nitrogens is 5. The van der Waals surface area contributed by atoms with Gasteiger partial charge in [0.25, 0.3) is 5.56 Å². The largest absolute Gasteiger partial charge is 0.467 e. The number of fused-ring (bicyclic) bond motifs is 1. The fraction of sp³-hybridized carbons (Fsp3) is 0.231. The Hall–Kier alpha value is -4.04. The second-order valence-corrected chi connectivity index (χ2v) is 8.68. The van der Waals surface area contributed by atoms with Crippen molar-refractivity contribution in [2.24, 2.45) is 0 Å². The molecule has 8 nitrogen and oxygen atoms in total. The van der Waals surface area contributed by atoms with Crippen LogP contribution in [0.4, 0.5) is 0 Å². The first-order valence-corrected chi connectivity index (χ1v) is 11.2. The molecule has 0 aliphatic rings. The maximum Gasteiger partial charge on any atom is 0.252 e. The first-order chi connectivity index (χ1) is 16.5. The highest BCUT2D eigenvalue weighted by molar-refractivity contribution is 5.79. The highest BCUT2D eigenvalue weighted by Crippen LogP contribution is 2.17. The third kappa shape index (κ3) is 4.97. The van der Waals surface area contributed by atoms with Crippen molar-refractivity contribution in [1.82, 2.24) is 30.1 Å². The van der Waals surface area contributed by atoms with Gasteiger partial charge >= 0.3 is 0 Å². The standard InChI is InChI=1S/C26H26N6O2/c1-18-5-8-20(9-6-18)14-31(17-25-28-29-30-32(25)16-23-4-3-11-34-23)15-22-13-21-10-7-19(2)12-24(21)27-26(22)33/h3-13H,14-17H2,1-2H3,(H,27,33). The number of aryl methyl sites for hydroxylation is 2. The number of benzene rings is 2. The normalized spacial score (nSPS) is 11.5. The number of nitrogens with zero attached hydrogens (tertiary/aromatic N) is 5. The molecule has 0 amide bonds. The van der Waals surface area contributed by atoms with Gasteiger partial charge < -0.3 is 9.40 Å². The topological polar surface area (TPSA) is 92.8 Å². The molecule has 3 aromatic heterocycles. The number of aromatic amines is 1. The Morgan fingerprint density at radius 3 is 2.59 bits per heavy atom. The van der Waals surface area contributed by atoms with Gasteiger partial charge in [-0.3, -0.25) is 9.69 Å². The molecule has 3 heterocycles. The summed E-state index contributed by atoms with van der Waals surface area (Å²) in [6.07, 6.45) is 1.64. The molecule has 0 unspecified atom stereocenters. The van der Waals surface area contributed by atoms with Crippen molar-refractivity contribution in [3.63, 3.8) is 0 Å². The summed E-state index contributed by atoms with van der Waals surface area (Å²) in [7, 11) is 0. The third-order valence-corrected chi connectivity index (χ3v) is 5.86. The van der Waals surface area contributed by atoms with Crippen LogP contribution < -0.4 is 5.56 Å². The first kappa shape index (κ1) is 21.8. The molecule has 5 rings (SSSR count). The summed E-state index contributed by atoms with van der Waals surface area (Å²) < 4.78 is 7.19. The zero-order valence-corrected chi connectivity index (χ0v) is 19.2. The van der Waals surface area contributed by atoms with E-state index < -0.39 is 0 Å². The van der Waals surface area contributed by atoms with Gasteiger partial charge in [-0.05, 0) is 65.1 Å². The SMILES string of the molecule is Cc1ccc(CN(Cc2cc3ccc(C)cc3[nH]c2=O)Cc2nnnn2Cc2ccco2)cc1. The lowest BCUT2D eigenvalue weighted by Gasteiger charge is -2.22. The third-order valence-electron chi connectivity index (χ3n) is 5.86. The average molecular weight is 455 g/mol. The lowest BCUT2D eigenvalue weighted by Crippen LogP contribution is -2.28. The lowest BCUT2D eigenvalue weighted by molar-refractivity contribution is 0.235. The van der Waals surface area contributed by atoms with Crippen LogP contribution in [0, 0.1) is 13.8 Å². The highest BCUT2D eigenvalue weighted by atomic mass is 16.3. The van der Waals surface area contributed by atoms with Crippen LogP contribution in [-0.4, -0.2) is 30.1 Å². The van der Waals surface area contributed by atoms with Gasteiger partial charge in [-0.2, -0.15) is 0 Å². The minimum Gasteiger partial charge on any atom is -0.467 e. The second-order valence-electron chi connectivity index (χ2n) is 8.68. The van der Waals surface area contributed by atoms with Crippen LogP contribution >= 0.6 is 0 Å². The van der Waals surface area contributed by atoms with Crippen LogP contribution in [-0.2, 0) is 26.2 Å². The first-order valence-electron chi connectivity index (χ1n) is 11.2. The summed E-state index contributed by atoms with van der Waals surface area (Å²) in [6.45, 7) is 6.12. The van der Waals surface area contributed by atoms with Crippen molar-refractivity contribution in [1.29, 1.82) is 0 Å². The fourth-order valence-electron chi connectivity index (χ4n) is 4.05. The second kappa shape index (κ2) is 9.44. The van der Waals surface area contributed by atoms with Gasteiger partial charge in [-0.15, -0.1) is 5.10 Å². The molecule has 0 bridgehead atoms. The monoisotopic (exact) mass is 454 g/mol. The molecule has 0 spiro atoms. The summed E-state index contributed by atoms with van der Waals surface area (Å²) in [6, 6.07) is 20.2. The van der Waals surface area contributed by atoms with Crippen LogP contribution in [0.5, 0.6) is 0 Å². The van der Waals surface area contributed by atoms with Gasteiger partial charge in [0.1, 0.15) is 12.3 Å². The van der Waals surface area contributed by atoms with E-state index in [9.17, 15) is 4.79 Å². The Morgan fingerprint density at radius 2 is 1.79 bits per heavy atom. The summed E-state index contributed by atoms with van der Waals surface area (Å²) in [5.41, 5.74) is 4.94. The molecule has 172 valence electrons. The number of hydrogen-bond donors (Lipinski definition) is 1. The maximum absolute atomic E-state index is 12.9. The van der Waals surface area contributed by atoms with E-state index >= 15 is 0 Å². The number of nitrogens with one attached hydrogen (secondary N) is 1. The molecular weight excluding hydrogens is 428 g/mol. The van der Waals surface area contributed by atoms with Crippen molar-refractivity contribution < 1.29 is 4.42 Å². The fourth-order valence-corrected chi connectivity index (χ4v) is 4.05. The molecule has 5 aromatic rings. The maximum atomic E-state index is 12.9. The van der Waals surface area contributed by atoms with E-state index in [0.717, 1.165) is 27.8 Å². The van der Waals surface area contributed by atoms with Crippen LogP contribution in [0.25, 0.3) is 10.9 Å². The van der Waals surface area contributed by atoms with E-state index in [1.165, 1.54) is 5.56 Å². The van der Waals surface area contributed by atoms with Gasteiger partial charge in [-0.25, -0.2) is 4.68 Å². The smallest absolute Gasteiger partial charge is 0.252 e. The predicted octanol–water partition coefficient (Wildman–Crippen LogP) is 3.98. The van der Waals surface area contributed by atoms with Crippen LogP contribution in [0.15, 0.2) is 76.1 Å². The van der Waals surface area contributed by atoms with Crippen LogP contribution in [0.2, 0.25) is 0 Å². The van der Waals surface area contributed by atoms with E-state index in [1.54, 1.807) is 10.9 Å². The van der Waals surface area contributed by atoms with Crippen LogP contribution in [0.3, 0.4) is 0 Å². The van der Waals surface area contributed by atoms with Gasteiger partial charge in [-0.1, -0.05) is 42.0 Å². The molecule has 8 heteroatoms. The zero-order chi connectivity index (χ0) is 23.5. The quantitative estimate of drug-likeness (QED) is 0.381. The van der Waals surface area contributed by atoms with Crippen molar-refractivity contribution >= 4 is 10.9 Å². The molecule has 1 N–H and O–H groups in total. The molecule has 34 heavy (non-hydrogen) atoms. The number of furan rings is 1. The molecular formula is C26H26N6O2. The number of pyridine rings is 1. The van der Waals surface area contributed by atoms with Crippen LogP contribution in [0.1, 0.15) is 33.8 Å². The van der Waals surface area contributed by atoms with E-state index in [2.05, 4.69) is 62.7 Å². The van der Waals surface area contributed by atoms with Gasteiger partial charge in [0.2, 0.25) is 0 Å². The van der Waals surface area contributed by atoms with Gasteiger partial charge in [0, 0.05) is 24.2 Å². The number of tetrazole rings is 1. The minimum atomic E-state index is -0.0813. The molecule has 0 saturated heterocycles. The molecule has 0 aliphatic carbocycles. The number of hydrogen-bond acceptors (Lipinski definition) is 6. The molecule has 0 radical (unpaired) electrons. The zero-order valence-electron chi connectivity index (χ0n) is 19.2. The summed E-state index contributed by atoms with van der Waals surface area (Å²) in [4.78, 5) is 18.1.